The van der Waals surface area contributed by atoms with Crippen LogP contribution in [0.25, 0.3) is 33.3 Å². The summed E-state index contributed by atoms with van der Waals surface area (Å²) in [7, 11) is 4.83. The van der Waals surface area contributed by atoms with Crippen LogP contribution in [-0.2, 0) is 16.6 Å². The first kappa shape index (κ1) is 19.5. The molecule has 0 aliphatic carbocycles. The zero-order valence-electron chi connectivity index (χ0n) is 16.6. The molecule has 30 heavy (non-hydrogen) atoms. The summed E-state index contributed by atoms with van der Waals surface area (Å²) < 4.78 is 14.1. The number of pyridine rings is 1. The SMILES string of the molecule is COc1ccc2c(c1)cc(-c1cc3c(C(=O)O)ccnc3n1C(OC)C(N)=O)n2C. The quantitative estimate of drug-likeness (QED) is 0.506. The van der Waals surface area contributed by atoms with E-state index in [0.29, 0.717) is 22.5 Å². The Morgan fingerprint density at radius 1 is 1.13 bits per heavy atom. The van der Waals surface area contributed by atoms with E-state index in [1.165, 1.54) is 23.9 Å². The second kappa shape index (κ2) is 7.20. The Morgan fingerprint density at radius 2 is 1.90 bits per heavy atom. The topological polar surface area (TPSA) is 122 Å². The summed E-state index contributed by atoms with van der Waals surface area (Å²) >= 11 is 0. The van der Waals surface area contributed by atoms with Gasteiger partial charge in [0.25, 0.3) is 5.91 Å². The van der Waals surface area contributed by atoms with Crippen LogP contribution in [0.2, 0.25) is 0 Å². The summed E-state index contributed by atoms with van der Waals surface area (Å²) in [5, 5.41) is 10.9. The summed E-state index contributed by atoms with van der Waals surface area (Å²) in [4.78, 5) is 28.2. The number of aromatic nitrogens is 3. The Kier molecular flexibility index (Phi) is 4.67. The molecule has 0 saturated heterocycles. The number of ether oxygens (including phenoxy) is 2. The van der Waals surface area contributed by atoms with Gasteiger partial charge >= 0.3 is 5.97 Å². The number of carbonyl (C=O) groups excluding carboxylic acids is 1. The Morgan fingerprint density at radius 3 is 2.53 bits per heavy atom. The Balaban J connectivity index is 2.09. The number of aromatic carboxylic acids is 1. The van der Waals surface area contributed by atoms with E-state index in [1.54, 1.807) is 13.2 Å². The van der Waals surface area contributed by atoms with Gasteiger partial charge in [-0.15, -0.1) is 0 Å². The third-order valence-electron chi connectivity index (χ3n) is 5.18. The monoisotopic (exact) mass is 408 g/mol. The van der Waals surface area contributed by atoms with Crippen LogP contribution in [-0.4, -0.2) is 45.3 Å². The number of carboxylic acid groups (broad SMARTS) is 1. The lowest BCUT2D eigenvalue weighted by atomic mass is 10.1. The van der Waals surface area contributed by atoms with Gasteiger partial charge in [0.15, 0.2) is 0 Å². The van der Waals surface area contributed by atoms with Crippen molar-refractivity contribution < 1.29 is 24.2 Å². The zero-order valence-corrected chi connectivity index (χ0v) is 16.6. The number of carbonyl (C=O) groups is 2. The molecule has 9 heteroatoms. The Labute approximate surface area is 171 Å². The van der Waals surface area contributed by atoms with Gasteiger partial charge in [0.2, 0.25) is 6.23 Å². The lowest BCUT2D eigenvalue weighted by Gasteiger charge is -2.18. The van der Waals surface area contributed by atoms with Crippen LogP contribution < -0.4 is 10.5 Å². The van der Waals surface area contributed by atoms with Crippen molar-refractivity contribution in [1.82, 2.24) is 14.1 Å². The van der Waals surface area contributed by atoms with Gasteiger partial charge in [0, 0.05) is 36.6 Å². The molecular weight excluding hydrogens is 388 g/mol. The molecule has 3 aromatic heterocycles. The number of benzene rings is 1. The lowest BCUT2D eigenvalue weighted by molar-refractivity contribution is -0.132. The van der Waals surface area contributed by atoms with Crippen LogP contribution in [0.3, 0.4) is 0 Å². The maximum atomic E-state index is 12.1. The highest BCUT2D eigenvalue weighted by Gasteiger charge is 2.27. The molecule has 0 aliphatic rings. The van der Waals surface area contributed by atoms with Crippen LogP contribution in [0.1, 0.15) is 16.6 Å². The van der Waals surface area contributed by atoms with Gasteiger partial charge < -0.3 is 24.9 Å². The third kappa shape index (κ3) is 2.87. The van der Waals surface area contributed by atoms with E-state index >= 15 is 0 Å². The second-order valence-electron chi connectivity index (χ2n) is 6.80. The number of carboxylic acids is 1. The van der Waals surface area contributed by atoms with E-state index in [1.807, 2.05) is 35.9 Å². The molecule has 9 nitrogen and oxygen atoms in total. The number of hydrogen-bond acceptors (Lipinski definition) is 5. The summed E-state index contributed by atoms with van der Waals surface area (Å²) in [6, 6.07) is 10.7. The van der Waals surface area contributed by atoms with Gasteiger partial charge in [-0.3, -0.25) is 9.36 Å². The molecule has 1 aromatic carbocycles. The number of methoxy groups -OCH3 is 2. The largest absolute Gasteiger partial charge is 0.497 e. The molecule has 1 atom stereocenters. The van der Waals surface area contributed by atoms with Gasteiger partial charge in [-0.05, 0) is 36.4 Å². The highest BCUT2D eigenvalue weighted by Crippen LogP contribution is 2.36. The van der Waals surface area contributed by atoms with E-state index < -0.39 is 18.1 Å². The first-order chi connectivity index (χ1) is 14.4. The highest BCUT2D eigenvalue weighted by atomic mass is 16.5. The molecule has 1 amide bonds. The molecule has 0 radical (unpaired) electrons. The van der Waals surface area contributed by atoms with Crippen molar-refractivity contribution >= 4 is 33.8 Å². The predicted molar refractivity (Wildman–Crippen MR) is 110 cm³/mol. The first-order valence-corrected chi connectivity index (χ1v) is 9.06. The minimum absolute atomic E-state index is 0.0692. The number of rotatable bonds is 6. The summed E-state index contributed by atoms with van der Waals surface area (Å²) in [6.45, 7) is 0. The van der Waals surface area contributed by atoms with E-state index in [0.717, 1.165) is 16.6 Å². The van der Waals surface area contributed by atoms with Gasteiger partial charge in [0.1, 0.15) is 11.4 Å². The maximum absolute atomic E-state index is 12.1. The standard InChI is InChI=1S/C21H20N4O5/c1-24-15-5-4-12(29-2)8-11(15)9-16(24)17-10-14-13(21(27)28)6-7-23-19(14)25(17)20(30-3)18(22)26/h4-10,20H,1-3H3,(H2,22,26)(H,27,28). The molecule has 1 unspecified atom stereocenters. The first-order valence-electron chi connectivity index (χ1n) is 9.06. The number of nitrogens with zero attached hydrogens (tertiary/aromatic N) is 3. The van der Waals surface area contributed by atoms with Crippen LogP contribution in [0, 0.1) is 0 Å². The molecular formula is C21H20N4O5. The molecule has 4 aromatic rings. The number of fused-ring (bicyclic) bond motifs is 2. The van der Waals surface area contributed by atoms with Crippen molar-refractivity contribution in [2.45, 2.75) is 6.23 Å². The summed E-state index contributed by atoms with van der Waals surface area (Å²) in [6.07, 6.45) is 0.216. The van der Waals surface area contributed by atoms with E-state index in [4.69, 9.17) is 15.2 Å². The highest BCUT2D eigenvalue weighted by molar-refractivity contribution is 6.04. The van der Waals surface area contributed by atoms with Crippen LogP contribution >= 0.6 is 0 Å². The lowest BCUT2D eigenvalue weighted by Crippen LogP contribution is -2.28. The Bertz CT molecular complexity index is 1300. The average molecular weight is 408 g/mol. The molecule has 3 N–H and O–H groups in total. The molecule has 4 rings (SSSR count). The summed E-state index contributed by atoms with van der Waals surface area (Å²) in [5.74, 6) is -1.11. The van der Waals surface area contributed by atoms with Crippen molar-refractivity contribution in [2.75, 3.05) is 14.2 Å². The predicted octanol–water partition coefficient (Wildman–Crippen LogP) is 2.53. The van der Waals surface area contributed by atoms with Crippen LogP contribution in [0.15, 0.2) is 42.6 Å². The maximum Gasteiger partial charge on any atom is 0.336 e. The Hall–Kier alpha value is -3.85. The number of amides is 1. The van der Waals surface area contributed by atoms with Gasteiger partial charge in [-0.2, -0.15) is 0 Å². The van der Waals surface area contributed by atoms with E-state index in [2.05, 4.69) is 4.98 Å². The van der Waals surface area contributed by atoms with Gasteiger partial charge in [-0.25, -0.2) is 9.78 Å². The molecule has 0 spiro atoms. The van der Waals surface area contributed by atoms with Crippen LogP contribution in [0.4, 0.5) is 0 Å². The number of hydrogen-bond donors (Lipinski definition) is 2. The van der Waals surface area contributed by atoms with E-state index in [9.17, 15) is 14.7 Å². The van der Waals surface area contributed by atoms with E-state index in [-0.39, 0.29) is 5.56 Å². The van der Waals surface area contributed by atoms with Crippen molar-refractivity contribution in [2.24, 2.45) is 12.8 Å². The molecule has 0 aliphatic heterocycles. The van der Waals surface area contributed by atoms with Crippen molar-refractivity contribution in [3.05, 3.63) is 48.2 Å². The molecule has 0 fully saturated rings. The molecule has 154 valence electrons. The fraction of sp³-hybridized carbons (Fsp3) is 0.190. The minimum Gasteiger partial charge on any atom is -0.497 e. The van der Waals surface area contributed by atoms with Crippen molar-refractivity contribution in [3.63, 3.8) is 0 Å². The minimum atomic E-state index is -1.17. The third-order valence-corrected chi connectivity index (χ3v) is 5.18. The number of primary amides is 1. The summed E-state index contributed by atoms with van der Waals surface area (Å²) in [5.41, 5.74) is 8.15. The smallest absolute Gasteiger partial charge is 0.336 e. The molecule has 0 saturated carbocycles. The zero-order chi connectivity index (χ0) is 21.6. The number of aryl methyl sites for hydroxylation is 1. The van der Waals surface area contributed by atoms with Crippen molar-refractivity contribution in [3.8, 4) is 17.1 Å². The molecule has 0 bridgehead atoms. The van der Waals surface area contributed by atoms with Crippen molar-refractivity contribution in [1.29, 1.82) is 0 Å². The van der Waals surface area contributed by atoms with Crippen LogP contribution in [0.5, 0.6) is 5.75 Å². The average Bonchev–Trinajstić information content (AvgIpc) is 3.25. The van der Waals surface area contributed by atoms with Gasteiger partial charge in [0.05, 0.1) is 24.1 Å². The fourth-order valence-electron chi connectivity index (χ4n) is 3.79. The normalized spacial score (nSPS) is 12.4. The fourth-order valence-corrected chi connectivity index (χ4v) is 3.79. The second-order valence-corrected chi connectivity index (χ2v) is 6.80. The van der Waals surface area contributed by atoms with Gasteiger partial charge in [-0.1, -0.05) is 0 Å². The number of nitrogens with two attached hydrogens (primary N) is 1. The molecule has 3 heterocycles.